The molecule has 1 fully saturated rings. The number of nitrogens with zero attached hydrogens (tertiary/aromatic N) is 2. The van der Waals surface area contributed by atoms with Gasteiger partial charge in [-0.1, -0.05) is 20.8 Å². The molecule has 1 unspecified atom stereocenters. The molecule has 1 saturated heterocycles. The normalized spacial score (nSPS) is 19.6. The van der Waals surface area contributed by atoms with Crippen molar-refractivity contribution in [1.82, 2.24) is 15.5 Å². The summed E-state index contributed by atoms with van der Waals surface area (Å²) >= 11 is 0. The predicted molar refractivity (Wildman–Crippen MR) is 83.8 cm³/mol. The Morgan fingerprint density at radius 2 is 2.15 bits per heavy atom. The lowest BCUT2D eigenvalue weighted by atomic mass is 9.97. The quantitative estimate of drug-likeness (QED) is 0.573. The number of hydrogen-bond donors (Lipinski definition) is 2. The van der Waals surface area contributed by atoms with Crippen molar-refractivity contribution in [3.8, 4) is 0 Å². The molecule has 116 valence electrons. The number of guanidine groups is 1. The summed E-state index contributed by atoms with van der Waals surface area (Å²) in [5, 5.41) is 6.02. The van der Waals surface area contributed by atoms with Gasteiger partial charge in [-0.2, -0.15) is 0 Å². The zero-order valence-corrected chi connectivity index (χ0v) is 13.4. The second kappa shape index (κ2) is 8.82. The van der Waals surface area contributed by atoms with Crippen molar-refractivity contribution in [2.45, 2.75) is 40.0 Å². The molecule has 5 heteroatoms. The first kappa shape index (κ1) is 16.8. The molecule has 1 heterocycles. The Kier molecular flexibility index (Phi) is 7.41. The van der Waals surface area contributed by atoms with E-state index in [-0.39, 0.29) is 5.91 Å². The second-order valence-electron chi connectivity index (χ2n) is 5.98. The SMILES string of the molecule is CCCNC(=O)CNC(=NC)N1CCC(CC(C)C)C1. The molecule has 0 saturated carbocycles. The lowest BCUT2D eigenvalue weighted by Crippen LogP contribution is -2.44. The summed E-state index contributed by atoms with van der Waals surface area (Å²) in [6.45, 7) is 9.71. The van der Waals surface area contributed by atoms with Gasteiger partial charge in [0.15, 0.2) is 5.96 Å². The number of nitrogens with one attached hydrogen (secondary N) is 2. The fourth-order valence-electron chi connectivity index (χ4n) is 2.70. The standard InChI is InChI=1S/C15H30N4O/c1-5-7-17-14(20)10-18-15(16-4)19-8-6-13(11-19)9-12(2)3/h12-13H,5-11H2,1-4H3,(H,16,18)(H,17,20). The maximum Gasteiger partial charge on any atom is 0.239 e. The second-order valence-corrected chi connectivity index (χ2v) is 5.98. The smallest absolute Gasteiger partial charge is 0.239 e. The van der Waals surface area contributed by atoms with Crippen molar-refractivity contribution in [3.63, 3.8) is 0 Å². The van der Waals surface area contributed by atoms with Crippen molar-refractivity contribution < 1.29 is 4.79 Å². The highest BCUT2D eigenvalue weighted by atomic mass is 16.1. The highest BCUT2D eigenvalue weighted by molar-refractivity contribution is 5.86. The van der Waals surface area contributed by atoms with Gasteiger partial charge in [0.2, 0.25) is 5.91 Å². The number of likely N-dealkylation sites (tertiary alicyclic amines) is 1. The Bertz CT molecular complexity index is 328. The number of carbonyl (C=O) groups excluding carboxylic acids is 1. The van der Waals surface area contributed by atoms with Gasteiger partial charge >= 0.3 is 0 Å². The predicted octanol–water partition coefficient (Wildman–Crippen LogP) is 1.46. The van der Waals surface area contributed by atoms with Crippen LogP contribution in [0.3, 0.4) is 0 Å². The molecule has 1 atom stereocenters. The average Bonchev–Trinajstić information content (AvgIpc) is 2.84. The molecule has 1 amide bonds. The molecule has 0 aliphatic carbocycles. The Labute approximate surface area is 123 Å². The molecule has 0 spiro atoms. The number of aliphatic imine (C=N–C) groups is 1. The fourth-order valence-corrected chi connectivity index (χ4v) is 2.70. The van der Waals surface area contributed by atoms with Crippen LogP contribution in [0.4, 0.5) is 0 Å². The van der Waals surface area contributed by atoms with Crippen LogP contribution in [-0.2, 0) is 4.79 Å². The molecule has 0 aromatic heterocycles. The van der Waals surface area contributed by atoms with E-state index in [0.717, 1.165) is 43.9 Å². The Morgan fingerprint density at radius 3 is 2.75 bits per heavy atom. The Balaban J connectivity index is 2.35. The zero-order valence-electron chi connectivity index (χ0n) is 13.4. The maximum absolute atomic E-state index is 11.6. The van der Waals surface area contributed by atoms with E-state index >= 15 is 0 Å². The molecule has 0 aromatic rings. The molecule has 1 rings (SSSR count). The summed E-state index contributed by atoms with van der Waals surface area (Å²) in [5.41, 5.74) is 0. The van der Waals surface area contributed by atoms with Crippen LogP contribution in [-0.4, -0.2) is 50.0 Å². The van der Waals surface area contributed by atoms with E-state index in [1.807, 2.05) is 6.92 Å². The van der Waals surface area contributed by atoms with Gasteiger partial charge in [-0.25, -0.2) is 0 Å². The third kappa shape index (κ3) is 5.80. The summed E-state index contributed by atoms with van der Waals surface area (Å²) in [7, 11) is 1.78. The maximum atomic E-state index is 11.6. The van der Waals surface area contributed by atoms with E-state index in [0.29, 0.717) is 6.54 Å². The minimum absolute atomic E-state index is 0.0333. The molecule has 20 heavy (non-hydrogen) atoms. The number of hydrogen-bond acceptors (Lipinski definition) is 2. The van der Waals surface area contributed by atoms with Crippen molar-refractivity contribution in [3.05, 3.63) is 0 Å². The lowest BCUT2D eigenvalue weighted by Gasteiger charge is -2.22. The summed E-state index contributed by atoms with van der Waals surface area (Å²) in [4.78, 5) is 18.2. The molecular formula is C15H30N4O. The summed E-state index contributed by atoms with van der Waals surface area (Å²) in [6.07, 6.45) is 3.45. The Hall–Kier alpha value is -1.26. The minimum Gasteiger partial charge on any atom is -0.355 e. The number of amides is 1. The zero-order chi connectivity index (χ0) is 15.0. The van der Waals surface area contributed by atoms with Crippen LogP contribution < -0.4 is 10.6 Å². The molecule has 1 aliphatic heterocycles. The molecule has 0 aromatic carbocycles. The molecule has 0 radical (unpaired) electrons. The third-order valence-corrected chi connectivity index (χ3v) is 3.58. The van der Waals surface area contributed by atoms with Crippen LogP contribution >= 0.6 is 0 Å². The van der Waals surface area contributed by atoms with Crippen LogP contribution in [0.15, 0.2) is 4.99 Å². The van der Waals surface area contributed by atoms with Crippen molar-refractivity contribution in [2.75, 3.05) is 33.2 Å². The first-order chi connectivity index (χ1) is 9.56. The topological polar surface area (TPSA) is 56.7 Å². The van der Waals surface area contributed by atoms with Crippen LogP contribution in [0.5, 0.6) is 0 Å². The average molecular weight is 282 g/mol. The highest BCUT2D eigenvalue weighted by Gasteiger charge is 2.25. The summed E-state index contributed by atoms with van der Waals surface area (Å²) < 4.78 is 0. The van der Waals surface area contributed by atoms with E-state index in [2.05, 4.69) is 34.4 Å². The lowest BCUT2D eigenvalue weighted by molar-refractivity contribution is -0.120. The largest absolute Gasteiger partial charge is 0.355 e. The van der Waals surface area contributed by atoms with Gasteiger partial charge in [0.1, 0.15) is 0 Å². The van der Waals surface area contributed by atoms with Gasteiger partial charge in [-0.3, -0.25) is 9.79 Å². The van der Waals surface area contributed by atoms with E-state index < -0.39 is 0 Å². The van der Waals surface area contributed by atoms with E-state index in [9.17, 15) is 4.79 Å². The van der Waals surface area contributed by atoms with Crippen LogP contribution in [0.2, 0.25) is 0 Å². The van der Waals surface area contributed by atoms with Crippen LogP contribution in [0, 0.1) is 11.8 Å². The van der Waals surface area contributed by atoms with Crippen molar-refractivity contribution in [1.29, 1.82) is 0 Å². The van der Waals surface area contributed by atoms with E-state index in [1.165, 1.54) is 12.8 Å². The molecule has 0 bridgehead atoms. The van der Waals surface area contributed by atoms with Gasteiger partial charge in [-0.15, -0.1) is 0 Å². The van der Waals surface area contributed by atoms with Crippen molar-refractivity contribution >= 4 is 11.9 Å². The fraction of sp³-hybridized carbons (Fsp3) is 0.867. The number of rotatable bonds is 6. The van der Waals surface area contributed by atoms with Gasteiger partial charge < -0.3 is 15.5 Å². The van der Waals surface area contributed by atoms with Gasteiger partial charge in [0, 0.05) is 26.7 Å². The van der Waals surface area contributed by atoms with Gasteiger partial charge in [0.25, 0.3) is 0 Å². The Morgan fingerprint density at radius 1 is 1.40 bits per heavy atom. The van der Waals surface area contributed by atoms with Gasteiger partial charge in [0.05, 0.1) is 6.54 Å². The number of carbonyl (C=O) groups is 1. The minimum atomic E-state index is 0.0333. The van der Waals surface area contributed by atoms with E-state index in [4.69, 9.17) is 0 Å². The monoisotopic (exact) mass is 282 g/mol. The molecule has 5 nitrogen and oxygen atoms in total. The first-order valence-corrected chi connectivity index (χ1v) is 7.79. The molecular weight excluding hydrogens is 252 g/mol. The molecule has 2 N–H and O–H groups in total. The van der Waals surface area contributed by atoms with E-state index in [1.54, 1.807) is 7.05 Å². The van der Waals surface area contributed by atoms with Gasteiger partial charge in [-0.05, 0) is 31.1 Å². The first-order valence-electron chi connectivity index (χ1n) is 7.79. The van der Waals surface area contributed by atoms with Crippen LogP contribution in [0.1, 0.15) is 40.0 Å². The molecule has 1 aliphatic rings. The highest BCUT2D eigenvalue weighted by Crippen LogP contribution is 2.23. The van der Waals surface area contributed by atoms with Crippen LogP contribution in [0.25, 0.3) is 0 Å². The summed E-state index contributed by atoms with van der Waals surface area (Å²) in [5.74, 6) is 2.38. The summed E-state index contributed by atoms with van der Waals surface area (Å²) in [6, 6.07) is 0. The third-order valence-electron chi connectivity index (χ3n) is 3.58. The van der Waals surface area contributed by atoms with Crippen molar-refractivity contribution in [2.24, 2.45) is 16.8 Å².